The number of aryl methyl sites for hydroxylation is 1. The summed E-state index contributed by atoms with van der Waals surface area (Å²) in [5, 5.41) is 17.0. The SMILES string of the molecule is CCCCCCCCCc1nnc(SCC(=O)O)n1N. The highest BCUT2D eigenvalue weighted by Crippen LogP contribution is 2.15. The van der Waals surface area contributed by atoms with E-state index in [2.05, 4.69) is 17.1 Å². The highest BCUT2D eigenvalue weighted by Gasteiger charge is 2.11. The number of carbonyl (C=O) groups is 1. The molecule has 0 aliphatic heterocycles. The minimum absolute atomic E-state index is 0.0488. The average molecular weight is 300 g/mol. The normalized spacial score (nSPS) is 10.8. The number of rotatable bonds is 11. The van der Waals surface area contributed by atoms with Crippen LogP contribution in [0.25, 0.3) is 0 Å². The molecule has 0 spiro atoms. The lowest BCUT2D eigenvalue weighted by Crippen LogP contribution is -2.14. The molecule has 0 amide bonds. The molecule has 3 N–H and O–H groups in total. The Kier molecular flexibility index (Phi) is 8.10. The van der Waals surface area contributed by atoms with Gasteiger partial charge in [0.2, 0.25) is 5.16 Å². The Balaban J connectivity index is 2.22. The first-order valence-corrected chi connectivity index (χ1v) is 8.17. The number of unbranched alkanes of at least 4 members (excludes halogenated alkanes) is 6. The largest absolute Gasteiger partial charge is 0.481 e. The predicted octanol–water partition coefficient (Wildman–Crippen LogP) is 2.46. The van der Waals surface area contributed by atoms with Crippen LogP contribution in [0.3, 0.4) is 0 Å². The van der Waals surface area contributed by atoms with Crippen LogP contribution in [0.4, 0.5) is 0 Å². The van der Waals surface area contributed by atoms with Crippen LogP contribution in [0, 0.1) is 0 Å². The molecule has 0 radical (unpaired) electrons. The van der Waals surface area contributed by atoms with E-state index in [9.17, 15) is 4.79 Å². The number of carboxylic acid groups (broad SMARTS) is 1. The molecule has 0 saturated carbocycles. The van der Waals surface area contributed by atoms with Gasteiger partial charge < -0.3 is 10.9 Å². The molecule has 0 atom stereocenters. The standard InChI is InChI=1S/C13H24N4O2S/c1-2-3-4-5-6-7-8-9-11-15-16-13(17(11)14)20-10-12(18)19/h2-10,14H2,1H3,(H,18,19). The summed E-state index contributed by atoms with van der Waals surface area (Å²) in [6.45, 7) is 2.22. The zero-order chi connectivity index (χ0) is 14.8. The molecule has 0 saturated heterocycles. The van der Waals surface area contributed by atoms with Crippen molar-refractivity contribution < 1.29 is 9.90 Å². The van der Waals surface area contributed by atoms with E-state index in [4.69, 9.17) is 10.9 Å². The first-order chi connectivity index (χ1) is 9.65. The van der Waals surface area contributed by atoms with Crippen LogP contribution in [-0.4, -0.2) is 31.7 Å². The molecule has 7 heteroatoms. The van der Waals surface area contributed by atoms with Gasteiger partial charge in [0.25, 0.3) is 0 Å². The zero-order valence-electron chi connectivity index (χ0n) is 12.0. The zero-order valence-corrected chi connectivity index (χ0v) is 12.9. The van der Waals surface area contributed by atoms with Crippen LogP contribution >= 0.6 is 11.8 Å². The van der Waals surface area contributed by atoms with Gasteiger partial charge in [-0.1, -0.05) is 57.2 Å². The Labute approximate surface area is 124 Å². The first-order valence-electron chi connectivity index (χ1n) is 7.19. The summed E-state index contributed by atoms with van der Waals surface area (Å²) >= 11 is 1.09. The number of aliphatic carboxylic acids is 1. The van der Waals surface area contributed by atoms with Gasteiger partial charge in [0.15, 0.2) is 5.82 Å². The van der Waals surface area contributed by atoms with Crippen molar-refractivity contribution in [3.8, 4) is 0 Å². The third-order valence-corrected chi connectivity index (χ3v) is 3.99. The summed E-state index contributed by atoms with van der Waals surface area (Å²) < 4.78 is 1.41. The number of thioether (sulfide) groups is 1. The molecule has 0 unspecified atom stereocenters. The lowest BCUT2D eigenvalue weighted by molar-refractivity contribution is -0.133. The van der Waals surface area contributed by atoms with Crippen LogP contribution in [-0.2, 0) is 11.2 Å². The van der Waals surface area contributed by atoms with Crippen molar-refractivity contribution in [3.05, 3.63) is 5.82 Å². The number of carboxylic acids is 1. The third kappa shape index (κ3) is 6.27. The second-order valence-corrected chi connectivity index (χ2v) is 5.77. The molecular weight excluding hydrogens is 276 g/mol. The maximum absolute atomic E-state index is 10.5. The number of hydrogen-bond acceptors (Lipinski definition) is 5. The Bertz CT molecular complexity index is 409. The summed E-state index contributed by atoms with van der Waals surface area (Å²) in [6.07, 6.45) is 9.47. The van der Waals surface area contributed by atoms with Crippen LogP contribution in [0.1, 0.15) is 57.7 Å². The minimum atomic E-state index is -0.883. The molecule has 0 aliphatic rings. The van der Waals surface area contributed by atoms with E-state index in [0.29, 0.717) is 5.16 Å². The van der Waals surface area contributed by atoms with Gasteiger partial charge in [0.05, 0.1) is 5.75 Å². The molecular formula is C13H24N4O2S. The maximum Gasteiger partial charge on any atom is 0.313 e. The summed E-state index contributed by atoms with van der Waals surface area (Å²) in [4.78, 5) is 10.5. The fourth-order valence-electron chi connectivity index (χ4n) is 1.94. The van der Waals surface area contributed by atoms with Crippen molar-refractivity contribution in [1.29, 1.82) is 0 Å². The van der Waals surface area contributed by atoms with Gasteiger partial charge in [-0.3, -0.25) is 4.79 Å². The average Bonchev–Trinajstić information content (AvgIpc) is 2.76. The van der Waals surface area contributed by atoms with E-state index < -0.39 is 5.97 Å². The second-order valence-electron chi connectivity index (χ2n) is 4.82. The molecule has 1 aromatic rings. The topological polar surface area (TPSA) is 94.0 Å². The van der Waals surface area contributed by atoms with Gasteiger partial charge in [-0.05, 0) is 6.42 Å². The number of nitrogen functional groups attached to an aromatic ring is 1. The smallest absolute Gasteiger partial charge is 0.313 e. The molecule has 0 fully saturated rings. The van der Waals surface area contributed by atoms with E-state index in [-0.39, 0.29) is 5.75 Å². The highest BCUT2D eigenvalue weighted by molar-refractivity contribution is 7.99. The molecule has 0 bridgehead atoms. The predicted molar refractivity (Wildman–Crippen MR) is 80.2 cm³/mol. The van der Waals surface area contributed by atoms with Crippen molar-refractivity contribution in [2.75, 3.05) is 11.6 Å². The molecule has 6 nitrogen and oxygen atoms in total. The molecule has 0 aromatic carbocycles. The van der Waals surface area contributed by atoms with Crippen LogP contribution in [0.2, 0.25) is 0 Å². The van der Waals surface area contributed by atoms with Gasteiger partial charge in [-0.25, -0.2) is 4.68 Å². The Morgan fingerprint density at radius 3 is 2.50 bits per heavy atom. The van der Waals surface area contributed by atoms with Crippen molar-refractivity contribution in [1.82, 2.24) is 14.9 Å². The Morgan fingerprint density at radius 2 is 1.85 bits per heavy atom. The lowest BCUT2D eigenvalue weighted by Gasteiger charge is -2.03. The fourth-order valence-corrected chi connectivity index (χ4v) is 2.54. The summed E-state index contributed by atoms with van der Waals surface area (Å²) in [7, 11) is 0. The van der Waals surface area contributed by atoms with Crippen LogP contribution in [0.15, 0.2) is 5.16 Å². The molecule has 1 heterocycles. The van der Waals surface area contributed by atoms with Crippen LogP contribution in [0.5, 0.6) is 0 Å². The summed E-state index contributed by atoms with van der Waals surface area (Å²) in [5.74, 6) is 5.64. The van der Waals surface area contributed by atoms with Gasteiger partial charge in [0, 0.05) is 6.42 Å². The molecule has 1 aromatic heterocycles. The van der Waals surface area contributed by atoms with Crippen molar-refractivity contribution >= 4 is 17.7 Å². The number of hydrogen-bond donors (Lipinski definition) is 2. The van der Waals surface area contributed by atoms with Gasteiger partial charge >= 0.3 is 5.97 Å². The summed E-state index contributed by atoms with van der Waals surface area (Å²) in [6, 6.07) is 0. The van der Waals surface area contributed by atoms with Gasteiger partial charge in [0.1, 0.15) is 0 Å². The maximum atomic E-state index is 10.5. The van der Waals surface area contributed by atoms with E-state index in [1.165, 1.54) is 43.2 Å². The lowest BCUT2D eigenvalue weighted by atomic mass is 10.1. The van der Waals surface area contributed by atoms with Crippen molar-refractivity contribution in [3.63, 3.8) is 0 Å². The third-order valence-electron chi connectivity index (χ3n) is 3.06. The monoisotopic (exact) mass is 300 g/mol. The van der Waals surface area contributed by atoms with Gasteiger partial charge in [-0.2, -0.15) is 0 Å². The Morgan fingerprint density at radius 1 is 1.20 bits per heavy atom. The summed E-state index contributed by atoms with van der Waals surface area (Å²) in [5.41, 5.74) is 0. The van der Waals surface area contributed by atoms with E-state index in [1.807, 2.05) is 0 Å². The first kappa shape index (κ1) is 16.8. The van der Waals surface area contributed by atoms with Crippen LogP contribution < -0.4 is 5.84 Å². The minimum Gasteiger partial charge on any atom is -0.481 e. The van der Waals surface area contributed by atoms with Gasteiger partial charge in [-0.15, -0.1) is 10.2 Å². The molecule has 20 heavy (non-hydrogen) atoms. The number of nitrogens with two attached hydrogens (primary N) is 1. The molecule has 114 valence electrons. The molecule has 1 rings (SSSR count). The van der Waals surface area contributed by atoms with Crippen molar-refractivity contribution in [2.24, 2.45) is 0 Å². The van der Waals surface area contributed by atoms with E-state index >= 15 is 0 Å². The Hall–Kier alpha value is -1.24. The second kappa shape index (κ2) is 9.63. The number of nitrogens with zero attached hydrogens (tertiary/aromatic N) is 3. The van der Waals surface area contributed by atoms with E-state index in [1.54, 1.807) is 0 Å². The van der Waals surface area contributed by atoms with Crippen molar-refractivity contribution in [2.45, 2.75) is 63.4 Å². The number of aromatic nitrogens is 3. The quantitative estimate of drug-likeness (QED) is 0.370. The highest BCUT2D eigenvalue weighted by atomic mass is 32.2. The van der Waals surface area contributed by atoms with E-state index in [0.717, 1.165) is 30.4 Å². The molecule has 0 aliphatic carbocycles. The fraction of sp³-hybridized carbons (Fsp3) is 0.769.